The maximum Gasteiger partial charge on any atom is 0.184 e. The molecule has 0 atom stereocenters. The molecule has 0 saturated heterocycles. The fraction of sp³-hybridized carbons (Fsp3) is 0.455. The Morgan fingerprint density at radius 2 is 2.07 bits per heavy atom. The summed E-state index contributed by atoms with van der Waals surface area (Å²) in [6, 6.07) is 4.03. The third-order valence-corrected chi connectivity index (χ3v) is 2.70. The van der Waals surface area contributed by atoms with Gasteiger partial charge in [-0.1, -0.05) is 12.6 Å². The van der Waals surface area contributed by atoms with Gasteiger partial charge in [0.05, 0.1) is 0 Å². The minimum absolute atomic E-state index is 0.302. The van der Waals surface area contributed by atoms with Crippen LogP contribution in [0.3, 0.4) is 0 Å². The van der Waals surface area contributed by atoms with Crippen LogP contribution in [0.1, 0.15) is 18.7 Å². The molecule has 78 valence electrons. The van der Waals surface area contributed by atoms with Gasteiger partial charge in [0.25, 0.3) is 0 Å². The van der Waals surface area contributed by atoms with Gasteiger partial charge in [-0.3, -0.25) is 0 Å². The molecule has 0 bridgehead atoms. The smallest absolute Gasteiger partial charge is 0.184 e. The van der Waals surface area contributed by atoms with Crippen LogP contribution in [-0.2, 0) is 9.47 Å². The SMILES string of the molecule is C=C(c1cccs1)C(OCC)OCC. The highest BCUT2D eigenvalue weighted by molar-refractivity contribution is 7.11. The normalized spacial score (nSPS) is 10.8. The second-order valence-electron chi connectivity index (χ2n) is 2.75. The van der Waals surface area contributed by atoms with Gasteiger partial charge in [0.15, 0.2) is 6.29 Å². The van der Waals surface area contributed by atoms with Crippen LogP contribution in [0.5, 0.6) is 0 Å². The van der Waals surface area contributed by atoms with Crippen LogP contribution in [0.25, 0.3) is 5.57 Å². The van der Waals surface area contributed by atoms with Crippen molar-refractivity contribution in [2.24, 2.45) is 0 Å². The highest BCUT2D eigenvalue weighted by Crippen LogP contribution is 2.23. The summed E-state index contributed by atoms with van der Waals surface area (Å²) in [6.07, 6.45) is -0.302. The maximum absolute atomic E-state index is 5.45. The molecule has 0 saturated carbocycles. The molecule has 1 rings (SSSR count). The van der Waals surface area contributed by atoms with E-state index in [1.807, 2.05) is 31.4 Å². The topological polar surface area (TPSA) is 18.5 Å². The van der Waals surface area contributed by atoms with Crippen LogP contribution in [0, 0.1) is 0 Å². The predicted octanol–water partition coefficient (Wildman–Crippen LogP) is 3.16. The molecule has 3 heteroatoms. The van der Waals surface area contributed by atoms with Crippen molar-refractivity contribution in [2.75, 3.05) is 13.2 Å². The quantitative estimate of drug-likeness (QED) is 0.674. The molecule has 0 aliphatic heterocycles. The van der Waals surface area contributed by atoms with E-state index >= 15 is 0 Å². The van der Waals surface area contributed by atoms with Crippen molar-refractivity contribution in [2.45, 2.75) is 20.1 Å². The summed E-state index contributed by atoms with van der Waals surface area (Å²) in [5.41, 5.74) is 0.906. The lowest BCUT2D eigenvalue weighted by Crippen LogP contribution is -2.18. The standard InChI is InChI=1S/C11H16O2S/c1-4-12-11(13-5-2)9(3)10-7-6-8-14-10/h6-8,11H,3-5H2,1-2H3. The molecule has 0 aromatic carbocycles. The number of rotatable bonds is 6. The summed E-state index contributed by atoms with van der Waals surface area (Å²) in [5, 5.41) is 2.02. The lowest BCUT2D eigenvalue weighted by atomic mass is 10.2. The van der Waals surface area contributed by atoms with Gasteiger partial charge in [-0.25, -0.2) is 0 Å². The zero-order valence-corrected chi connectivity index (χ0v) is 9.47. The molecule has 0 radical (unpaired) electrons. The fourth-order valence-electron chi connectivity index (χ4n) is 1.13. The molecule has 0 amide bonds. The first-order valence-corrected chi connectivity index (χ1v) is 5.63. The van der Waals surface area contributed by atoms with Gasteiger partial charge in [0, 0.05) is 23.7 Å². The molecule has 0 aliphatic rings. The first-order valence-electron chi connectivity index (χ1n) is 4.75. The van der Waals surface area contributed by atoms with Crippen molar-refractivity contribution >= 4 is 16.9 Å². The molecule has 14 heavy (non-hydrogen) atoms. The van der Waals surface area contributed by atoms with Gasteiger partial charge in [0.2, 0.25) is 0 Å². The van der Waals surface area contributed by atoms with Crippen molar-refractivity contribution in [3.05, 3.63) is 29.0 Å². The van der Waals surface area contributed by atoms with Crippen molar-refractivity contribution in [3.63, 3.8) is 0 Å². The Kier molecular flexibility index (Phi) is 4.87. The van der Waals surface area contributed by atoms with Gasteiger partial charge >= 0.3 is 0 Å². The van der Waals surface area contributed by atoms with E-state index in [1.54, 1.807) is 11.3 Å². The molecular formula is C11H16O2S. The van der Waals surface area contributed by atoms with E-state index in [4.69, 9.17) is 9.47 Å². The summed E-state index contributed by atoms with van der Waals surface area (Å²) >= 11 is 1.65. The molecule has 0 N–H and O–H groups in total. The summed E-state index contributed by atoms with van der Waals surface area (Å²) in [6.45, 7) is 9.17. The van der Waals surface area contributed by atoms with E-state index in [2.05, 4.69) is 6.58 Å². The van der Waals surface area contributed by atoms with Crippen LogP contribution in [0.2, 0.25) is 0 Å². The monoisotopic (exact) mass is 212 g/mol. The Morgan fingerprint density at radius 3 is 2.50 bits per heavy atom. The lowest BCUT2D eigenvalue weighted by molar-refractivity contribution is -0.0961. The van der Waals surface area contributed by atoms with Gasteiger partial charge < -0.3 is 9.47 Å². The third-order valence-electron chi connectivity index (χ3n) is 1.76. The second-order valence-corrected chi connectivity index (χ2v) is 3.69. The minimum atomic E-state index is -0.302. The average molecular weight is 212 g/mol. The van der Waals surface area contributed by atoms with E-state index < -0.39 is 0 Å². The summed E-state index contributed by atoms with van der Waals surface area (Å²) in [5.74, 6) is 0. The Morgan fingerprint density at radius 1 is 1.43 bits per heavy atom. The van der Waals surface area contributed by atoms with Crippen LogP contribution in [0.4, 0.5) is 0 Å². The molecule has 1 heterocycles. The van der Waals surface area contributed by atoms with E-state index in [0.717, 1.165) is 10.5 Å². The Balaban J connectivity index is 2.63. The molecule has 0 unspecified atom stereocenters. The summed E-state index contributed by atoms with van der Waals surface area (Å²) in [7, 11) is 0. The van der Waals surface area contributed by atoms with Gasteiger partial charge in [-0.2, -0.15) is 0 Å². The van der Waals surface area contributed by atoms with Crippen LogP contribution in [-0.4, -0.2) is 19.5 Å². The molecule has 2 nitrogen and oxygen atoms in total. The third kappa shape index (κ3) is 2.94. The van der Waals surface area contributed by atoms with Crippen molar-refractivity contribution in [3.8, 4) is 0 Å². The van der Waals surface area contributed by atoms with Crippen molar-refractivity contribution in [1.29, 1.82) is 0 Å². The van der Waals surface area contributed by atoms with Gasteiger partial charge in [0.1, 0.15) is 0 Å². The van der Waals surface area contributed by atoms with Crippen molar-refractivity contribution < 1.29 is 9.47 Å². The Hall–Kier alpha value is -0.640. The summed E-state index contributed by atoms with van der Waals surface area (Å²) < 4.78 is 10.9. The van der Waals surface area contributed by atoms with E-state index in [9.17, 15) is 0 Å². The number of thiophene rings is 1. The van der Waals surface area contributed by atoms with Crippen LogP contribution in [0.15, 0.2) is 24.1 Å². The van der Waals surface area contributed by atoms with E-state index in [-0.39, 0.29) is 6.29 Å². The maximum atomic E-state index is 5.45. The molecule has 1 aromatic heterocycles. The second kappa shape index (κ2) is 5.96. The van der Waals surface area contributed by atoms with Crippen LogP contribution >= 0.6 is 11.3 Å². The minimum Gasteiger partial charge on any atom is -0.349 e. The number of hydrogen-bond donors (Lipinski definition) is 0. The fourth-order valence-corrected chi connectivity index (χ4v) is 1.84. The Bertz CT molecular complexity index is 261. The largest absolute Gasteiger partial charge is 0.349 e. The average Bonchev–Trinajstić information content (AvgIpc) is 2.69. The number of hydrogen-bond acceptors (Lipinski definition) is 3. The van der Waals surface area contributed by atoms with Gasteiger partial charge in [-0.05, 0) is 25.3 Å². The van der Waals surface area contributed by atoms with E-state index in [0.29, 0.717) is 13.2 Å². The molecule has 0 spiro atoms. The predicted molar refractivity (Wildman–Crippen MR) is 60.4 cm³/mol. The van der Waals surface area contributed by atoms with Crippen LogP contribution < -0.4 is 0 Å². The first-order chi connectivity index (χ1) is 6.79. The lowest BCUT2D eigenvalue weighted by Gasteiger charge is -2.18. The summed E-state index contributed by atoms with van der Waals surface area (Å²) in [4.78, 5) is 1.12. The van der Waals surface area contributed by atoms with E-state index in [1.165, 1.54) is 0 Å². The zero-order valence-electron chi connectivity index (χ0n) is 8.66. The number of ether oxygens (including phenoxy) is 2. The van der Waals surface area contributed by atoms with Gasteiger partial charge in [-0.15, -0.1) is 11.3 Å². The zero-order chi connectivity index (χ0) is 10.4. The first kappa shape index (κ1) is 11.4. The molecule has 1 aromatic rings. The Labute approximate surface area is 89.2 Å². The molecule has 0 aliphatic carbocycles. The highest BCUT2D eigenvalue weighted by Gasteiger charge is 2.14. The molecular weight excluding hydrogens is 196 g/mol. The van der Waals surface area contributed by atoms with Crippen molar-refractivity contribution in [1.82, 2.24) is 0 Å². The molecule has 0 fully saturated rings. The highest BCUT2D eigenvalue weighted by atomic mass is 32.1.